The van der Waals surface area contributed by atoms with Crippen molar-refractivity contribution < 1.29 is 19.3 Å². The topological polar surface area (TPSA) is 47.9 Å². The van der Waals surface area contributed by atoms with Gasteiger partial charge in [0.25, 0.3) is 0 Å². The molecular weight excluding hydrogens is 204 g/mol. The average Bonchev–Trinajstić information content (AvgIpc) is 2.81. The van der Waals surface area contributed by atoms with Gasteiger partial charge in [-0.3, -0.25) is 0 Å². The molecule has 3 heterocycles. The zero-order chi connectivity index (χ0) is 9.92. The Morgan fingerprint density at radius 3 is 2.57 bits per heavy atom. The largest absolute Gasteiger partial charge is 0.387 e. The Hall–Kier alpha value is 0.190. The van der Waals surface area contributed by atoms with Crippen LogP contribution in [0.25, 0.3) is 0 Å². The van der Waals surface area contributed by atoms with Crippen molar-refractivity contribution in [2.24, 2.45) is 0 Å². The standard InChI is InChI=1S/C9H14O4S/c1-9(2)12-7-5(10)6(4-3-14-4)11-8(7)13-9/h4-8,10H,3H2,1-2H3. The first-order chi connectivity index (χ1) is 6.57. The summed E-state index contributed by atoms with van der Waals surface area (Å²) in [5.74, 6) is 0.447. The Bertz CT molecular complexity index is 251. The van der Waals surface area contributed by atoms with Crippen LogP contribution in [-0.2, 0) is 14.2 Å². The van der Waals surface area contributed by atoms with Gasteiger partial charge < -0.3 is 19.3 Å². The van der Waals surface area contributed by atoms with Gasteiger partial charge in [0.2, 0.25) is 0 Å². The number of thioether (sulfide) groups is 1. The van der Waals surface area contributed by atoms with Crippen molar-refractivity contribution in [1.29, 1.82) is 0 Å². The van der Waals surface area contributed by atoms with Crippen LogP contribution in [0, 0.1) is 0 Å². The maximum Gasteiger partial charge on any atom is 0.190 e. The van der Waals surface area contributed by atoms with E-state index in [2.05, 4.69) is 0 Å². The maximum absolute atomic E-state index is 9.96. The number of ether oxygens (including phenoxy) is 3. The van der Waals surface area contributed by atoms with Crippen LogP contribution in [0.5, 0.6) is 0 Å². The Morgan fingerprint density at radius 2 is 2.00 bits per heavy atom. The lowest BCUT2D eigenvalue weighted by Crippen LogP contribution is -2.36. The highest BCUT2D eigenvalue weighted by Gasteiger charge is 2.57. The molecular formula is C9H14O4S. The molecule has 80 valence electrons. The average molecular weight is 218 g/mol. The number of aliphatic hydroxyl groups is 1. The molecule has 3 aliphatic rings. The van der Waals surface area contributed by atoms with Gasteiger partial charge in [-0.25, -0.2) is 0 Å². The summed E-state index contributed by atoms with van der Waals surface area (Å²) >= 11 is 1.81. The van der Waals surface area contributed by atoms with Crippen LogP contribution < -0.4 is 0 Å². The van der Waals surface area contributed by atoms with E-state index >= 15 is 0 Å². The van der Waals surface area contributed by atoms with Gasteiger partial charge in [-0.1, -0.05) is 0 Å². The van der Waals surface area contributed by atoms with E-state index in [1.807, 2.05) is 25.6 Å². The van der Waals surface area contributed by atoms with E-state index in [4.69, 9.17) is 14.2 Å². The van der Waals surface area contributed by atoms with Gasteiger partial charge in [-0.15, -0.1) is 0 Å². The summed E-state index contributed by atoms with van der Waals surface area (Å²) in [6.45, 7) is 3.67. The summed E-state index contributed by atoms with van der Waals surface area (Å²) < 4.78 is 16.8. The molecule has 1 N–H and O–H groups in total. The Kier molecular flexibility index (Phi) is 1.92. The van der Waals surface area contributed by atoms with E-state index in [1.165, 1.54) is 0 Å². The fraction of sp³-hybridized carbons (Fsp3) is 1.00. The number of hydrogen-bond acceptors (Lipinski definition) is 5. The smallest absolute Gasteiger partial charge is 0.190 e. The van der Waals surface area contributed by atoms with Crippen LogP contribution in [0.2, 0.25) is 0 Å². The van der Waals surface area contributed by atoms with Crippen LogP contribution >= 0.6 is 11.8 Å². The number of fused-ring (bicyclic) bond motifs is 1. The minimum absolute atomic E-state index is 0.105. The second-order valence-corrected chi connectivity index (χ2v) is 5.70. The molecule has 0 bridgehead atoms. The predicted octanol–water partition coefficient (Wildman–Crippen LogP) is 0.339. The summed E-state index contributed by atoms with van der Waals surface area (Å²) in [5.41, 5.74) is 0. The minimum atomic E-state index is -0.627. The van der Waals surface area contributed by atoms with Crippen molar-refractivity contribution in [3.05, 3.63) is 0 Å². The monoisotopic (exact) mass is 218 g/mol. The number of rotatable bonds is 1. The van der Waals surface area contributed by atoms with Gasteiger partial charge >= 0.3 is 0 Å². The van der Waals surface area contributed by atoms with Crippen molar-refractivity contribution in [2.75, 3.05) is 5.75 Å². The van der Waals surface area contributed by atoms with Gasteiger partial charge in [-0.2, -0.15) is 11.8 Å². The molecule has 0 aliphatic carbocycles. The first-order valence-corrected chi connectivity index (χ1v) is 5.92. The first-order valence-electron chi connectivity index (χ1n) is 4.88. The molecule has 3 aliphatic heterocycles. The van der Waals surface area contributed by atoms with Gasteiger partial charge in [0.1, 0.15) is 18.3 Å². The third kappa shape index (κ3) is 1.39. The van der Waals surface area contributed by atoms with E-state index in [0.29, 0.717) is 5.25 Å². The molecule has 0 aromatic carbocycles. The third-order valence-electron chi connectivity index (χ3n) is 2.78. The quantitative estimate of drug-likeness (QED) is 0.643. The zero-order valence-electron chi connectivity index (χ0n) is 8.17. The Balaban J connectivity index is 1.74. The van der Waals surface area contributed by atoms with Gasteiger partial charge in [-0.05, 0) is 13.8 Å². The van der Waals surface area contributed by atoms with Crippen LogP contribution in [0.4, 0.5) is 0 Å². The van der Waals surface area contributed by atoms with Crippen molar-refractivity contribution in [3.8, 4) is 0 Å². The predicted molar refractivity (Wildman–Crippen MR) is 51.0 cm³/mol. The van der Waals surface area contributed by atoms with E-state index in [9.17, 15) is 5.11 Å². The summed E-state index contributed by atoms with van der Waals surface area (Å²) in [6.07, 6.45) is -1.34. The van der Waals surface area contributed by atoms with Gasteiger partial charge in [0.05, 0.1) is 0 Å². The van der Waals surface area contributed by atoms with Gasteiger partial charge in [0.15, 0.2) is 12.1 Å². The molecule has 5 unspecified atom stereocenters. The van der Waals surface area contributed by atoms with E-state index in [-0.39, 0.29) is 18.5 Å². The third-order valence-corrected chi connectivity index (χ3v) is 3.76. The molecule has 3 rings (SSSR count). The lowest BCUT2D eigenvalue weighted by molar-refractivity contribution is -0.213. The fourth-order valence-electron chi connectivity index (χ4n) is 2.07. The van der Waals surface area contributed by atoms with Crippen molar-refractivity contribution in [1.82, 2.24) is 0 Å². The molecule has 0 spiro atoms. The van der Waals surface area contributed by atoms with Crippen molar-refractivity contribution in [3.63, 3.8) is 0 Å². The molecule has 0 aromatic heterocycles. The normalized spacial score (nSPS) is 54.6. The second kappa shape index (κ2) is 2.86. The minimum Gasteiger partial charge on any atom is -0.387 e. The summed E-state index contributed by atoms with van der Waals surface area (Å²) in [7, 11) is 0. The van der Waals surface area contributed by atoms with E-state index < -0.39 is 11.9 Å². The highest BCUT2D eigenvalue weighted by atomic mass is 32.2. The highest BCUT2D eigenvalue weighted by Crippen LogP contribution is 2.45. The van der Waals surface area contributed by atoms with Crippen LogP contribution in [0.15, 0.2) is 0 Å². The Morgan fingerprint density at radius 1 is 1.29 bits per heavy atom. The molecule has 0 saturated carbocycles. The summed E-state index contributed by atoms with van der Waals surface area (Å²) in [4.78, 5) is 0. The molecule has 14 heavy (non-hydrogen) atoms. The van der Waals surface area contributed by atoms with E-state index in [0.717, 1.165) is 5.75 Å². The van der Waals surface area contributed by atoms with Crippen molar-refractivity contribution in [2.45, 2.75) is 49.5 Å². The van der Waals surface area contributed by atoms with E-state index in [1.54, 1.807) is 0 Å². The number of aliphatic hydroxyl groups excluding tert-OH is 1. The fourth-order valence-corrected chi connectivity index (χ4v) is 2.78. The molecule has 3 saturated heterocycles. The first kappa shape index (κ1) is 9.42. The Labute approximate surface area is 86.9 Å². The highest BCUT2D eigenvalue weighted by molar-refractivity contribution is 8.06. The molecule has 0 aromatic rings. The van der Waals surface area contributed by atoms with Crippen molar-refractivity contribution >= 4 is 11.8 Å². The van der Waals surface area contributed by atoms with Crippen LogP contribution in [0.1, 0.15) is 13.8 Å². The molecule has 4 nitrogen and oxygen atoms in total. The number of hydrogen-bond donors (Lipinski definition) is 1. The maximum atomic E-state index is 9.96. The summed E-state index contributed by atoms with van der Waals surface area (Å²) in [6, 6.07) is 0. The summed E-state index contributed by atoms with van der Waals surface area (Å²) in [5, 5.41) is 10.4. The molecule has 5 heteroatoms. The molecule has 5 atom stereocenters. The lowest BCUT2D eigenvalue weighted by Gasteiger charge is -2.22. The van der Waals surface area contributed by atoms with Gasteiger partial charge in [0, 0.05) is 11.0 Å². The van der Waals surface area contributed by atoms with Crippen LogP contribution in [-0.4, -0.2) is 46.5 Å². The molecule has 0 radical (unpaired) electrons. The zero-order valence-corrected chi connectivity index (χ0v) is 8.99. The van der Waals surface area contributed by atoms with Crippen LogP contribution in [0.3, 0.4) is 0 Å². The second-order valence-electron chi connectivity index (χ2n) is 4.43. The molecule has 0 amide bonds. The lowest BCUT2D eigenvalue weighted by atomic mass is 10.1. The SMILES string of the molecule is CC1(C)OC2OC(C3CS3)C(O)C2O1. The molecule has 3 fully saturated rings.